The Hall–Kier alpha value is -2.10. The molecule has 4 nitrogen and oxygen atoms in total. The zero-order valence-electron chi connectivity index (χ0n) is 10.6. The zero-order valence-corrected chi connectivity index (χ0v) is 10.6. The fourth-order valence-electron chi connectivity index (χ4n) is 1.88. The summed E-state index contributed by atoms with van der Waals surface area (Å²) >= 11 is 0. The number of nitrogens with zero attached hydrogens (tertiary/aromatic N) is 1. The summed E-state index contributed by atoms with van der Waals surface area (Å²) < 4.78 is 0. The van der Waals surface area contributed by atoms with Gasteiger partial charge in [0.05, 0.1) is 0 Å². The minimum atomic E-state index is -0.262. The van der Waals surface area contributed by atoms with Crippen LogP contribution in [0.5, 0.6) is 0 Å². The van der Waals surface area contributed by atoms with Crippen molar-refractivity contribution in [2.75, 3.05) is 11.9 Å². The standard InChI is InChI=1S/C14H16N2O2/c1-3-10-5-7-11(8-6-10)15-12-9-13(17)16(4-2)14(12)18/h5-9,15H,3-4H2,1-2H3. The molecule has 1 aliphatic rings. The fourth-order valence-corrected chi connectivity index (χ4v) is 1.88. The molecule has 1 aliphatic heterocycles. The van der Waals surface area contributed by atoms with E-state index in [9.17, 15) is 9.59 Å². The Bertz CT molecular complexity index is 503. The Morgan fingerprint density at radius 1 is 1.11 bits per heavy atom. The lowest BCUT2D eigenvalue weighted by atomic mass is 10.1. The average molecular weight is 244 g/mol. The van der Waals surface area contributed by atoms with E-state index < -0.39 is 0 Å². The van der Waals surface area contributed by atoms with Gasteiger partial charge in [-0.2, -0.15) is 0 Å². The van der Waals surface area contributed by atoms with Crippen LogP contribution in [0, 0.1) is 0 Å². The number of rotatable bonds is 4. The van der Waals surface area contributed by atoms with E-state index in [4.69, 9.17) is 0 Å². The number of likely N-dealkylation sites (N-methyl/N-ethyl adjacent to an activating group) is 1. The molecular weight excluding hydrogens is 228 g/mol. The first kappa shape index (κ1) is 12.4. The van der Waals surface area contributed by atoms with Crippen molar-refractivity contribution in [2.45, 2.75) is 20.3 Å². The van der Waals surface area contributed by atoms with Crippen molar-refractivity contribution in [3.8, 4) is 0 Å². The number of hydrogen-bond donors (Lipinski definition) is 1. The molecule has 94 valence electrons. The first-order valence-electron chi connectivity index (χ1n) is 6.09. The normalized spacial score (nSPS) is 15.0. The van der Waals surface area contributed by atoms with Crippen molar-refractivity contribution < 1.29 is 9.59 Å². The summed E-state index contributed by atoms with van der Waals surface area (Å²) in [5.41, 5.74) is 2.39. The molecule has 0 bridgehead atoms. The molecule has 0 fully saturated rings. The summed E-state index contributed by atoms with van der Waals surface area (Å²) in [5.74, 6) is -0.516. The number of nitrogens with one attached hydrogen (secondary N) is 1. The molecule has 1 N–H and O–H groups in total. The van der Waals surface area contributed by atoms with Crippen LogP contribution in [0.2, 0.25) is 0 Å². The summed E-state index contributed by atoms with van der Waals surface area (Å²) in [6.07, 6.45) is 2.32. The van der Waals surface area contributed by atoms with Gasteiger partial charge in [0.1, 0.15) is 5.70 Å². The highest BCUT2D eigenvalue weighted by atomic mass is 16.2. The van der Waals surface area contributed by atoms with Gasteiger partial charge >= 0.3 is 0 Å². The lowest BCUT2D eigenvalue weighted by Gasteiger charge is -2.12. The molecule has 0 atom stereocenters. The van der Waals surface area contributed by atoms with E-state index in [1.807, 2.05) is 24.3 Å². The highest BCUT2D eigenvalue weighted by molar-refractivity contribution is 6.17. The molecule has 1 aromatic carbocycles. The van der Waals surface area contributed by atoms with E-state index in [-0.39, 0.29) is 11.8 Å². The smallest absolute Gasteiger partial charge is 0.277 e. The van der Waals surface area contributed by atoms with E-state index in [2.05, 4.69) is 12.2 Å². The Kier molecular flexibility index (Phi) is 3.46. The van der Waals surface area contributed by atoms with Crippen molar-refractivity contribution >= 4 is 17.5 Å². The minimum absolute atomic E-state index is 0.254. The third-order valence-corrected chi connectivity index (χ3v) is 2.97. The maximum Gasteiger partial charge on any atom is 0.277 e. The predicted molar refractivity (Wildman–Crippen MR) is 69.9 cm³/mol. The van der Waals surface area contributed by atoms with E-state index in [1.54, 1.807) is 6.92 Å². The highest BCUT2D eigenvalue weighted by Gasteiger charge is 2.29. The molecule has 0 saturated carbocycles. The summed E-state index contributed by atoms with van der Waals surface area (Å²) in [5, 5.41) is 2.99. The number of carbonyl (C=O) groups excluding carboxylic acids is 2. The molecule has 0 saturated heterocycles. The number of aryl methyl sites for hydroxylation is 1. The molecule has 18 heavy (non-hydrogen) atoms. The Morgan fingerprint density at radius 2 is 1.78 bits per heavy atom. The molecule has 0 spiro atoms. The minimum Gasteiger partial charge on any atom is -0.351 e. The summed E-state index contributed by atoms with van der Waals surface area (Å²) in [6.45, 7) is 4.26. The van der Waals surface area contributed by atoms with Crippen LogP contribution in [0.15, 0.2) is 36.0 Å². The number of amides is 2. The molecule has 2 amide bonds. The largest absolute Gasteiger partial charge is 0.351 e. The van der Waals surface area contributed by atoms with Crippen LogP contribution in [0.4, 0.5) is 5.69 Å². The third kappa shape index (κ3) is 2.27. The van der Waals surface area contributed by atoms with Crippen LogP contribution < -0.4 is 5.32 Å². The number of benzene rings is 1. The van der Waals surface area contributed by atoms with E-state index in [0.717, 1.165) is 12.1 Å². The molecule has 0 aromatic heterocycles. The molecule has 4 heteroatoms. The summed E-state index contributed by atoms with van der Waals surface area (Å²) in [7, 11) is 0. The lowest BCUT2D eigenvalue weighted by molar-refractivity contribution is -0.136. The Morgan fingerprint density at radius 3 is 2.28 bits per heavy atom. The van der Waals surface area contributed by atoms with Gasteiger partial charge in [0.15, 0.2) is 0 Å². The van der Waals surface area contributed by atoms with Gasteiger partial charge in [-0.05, 0) is 31.0 Å². The first-order chi connectivity index (χ1) is 8.65. The number of hydrogen-bond acceptors (Lipinski definition) is 3. The van der Waals surface area contributed by atoms with Gasteiger partial charge in [-0.1, -0.05) is 19.1 Å². The van der Waals surface area contributed by atoms with Crippen molar-refractivity contribution in [1.82, 2.24) is 4.90 Å². The molecule has 0 unspecified atom stereocenters. The molecule has 1 heterocycles. The predicted octanol–water partition coefficient (Wildman–Crippen LogP) is 1.93. The van der Waals surface area contributed by atoms with Crippen LogP contribution >= 0.6 is 0 Å². The van der Waals surface area contributed by atoms with E-state index >= 15 is 0 Å². The molecule has 0 aliphatic carbocycles. The first-order valence-corrected chi connectivity index (χ1v) is 6.09. The molecule has 2 rings (SSSR count). The second kappa shape index (κ2) is 5.04. The van der Waals surface area contributed by atoms with Gasteiger partial charge in [0, 0.05) is 18.3 Å². The summed E-state index contributed by atoms with van der Waals surface area (Å²) in [6, 6.07) is 7.82. The van der Waals surface area contributed by atoms with Gasteiger partial charge in [-0.3, -0.25) is 14.5 Å². The van der Waals surface area contributed by atoms with Gasteiger partial charge in [-0.15, -0.1) is 0 Å². The molecular formula is C14H16N2O2. The van der Waals surface area contributed by atoms with Gasteiger partial charge < -0.3 is 5.32 Å². The SMILES string of the molecule is CCc1ccc(NC2=CC(=O)N(CC)C2=O)cc1. The maximum atomic E-state index is 11.8. The van der Waals surface area contributed by atoms with Crippen molar-refractivity contribution in [1.29, 1.82) is 0 Å². The quantitative estimate of drug-likeness (QED) is 0.823. The van der Waals surface area contributed by atoms with Gasteiger partial charge in [0.25, 0.3) is 11.8 Å². The second-order valence-electron chi connectivity index (χ2n) is 4.12. The molecule has 1 aromatic rings. The third-order valence-electron chi connectivity index (χ3n) is 2.97. The second-order valence-corrected chi connectivity index (χ2v) is 4.12. The Balaban J connectivity index is 2.12. The summed E-state index contributed by atoms with van der Waals surface area (Å²) in [4.78, 5) is 24.6. The van der Waals surface area contributed by atoms with Crippen molar-refractivity contribution in [3.05, 3.63) is 41.6 Å². The van der Waals surface area contributed by atoms with E-state index in [1.165, 1.54) is 16.5 Å². The lowest BCUT2D eigenvalue weighted by Crippen LogP contribution is -2.31. The van der Waals surface area contributed by atoms with Gasteiger partial charge in [-0.25, -0.2) is 0 Å². The Labute approximate surface area is 106 Å². The zero-order chi connectivity index (χ0) is 13.1. The van der Waals surface area contributed by atoms with Crippen molar-refractivity contribution in [3.63, 3.8) is 0 Å². The highest BCUT2D eigenvalue weighted by Crippen LogP contribution is 2.17. The fraction of sp³-hybridized carbons (Fsp3) is 0.286. The van der Waals surface area contributed by atoms with Crippen LogP contribution in [0.25, 0.3) is 0 Å². The monoisotopic (exact) mass is 244 g/mol. The maximum absolute atomic E-state index is 11.8. The average Bonchev–Trinajstić information content (AvgIpc) is 2.65. The number of carbonyl (C=O) groups is 2. The number of imide groups is 1. The van der Waals surface area contributed by atoms with Crippen molar-refractivity contribution in [2.24, 2.45) is 0 Å². The number of anilines is 1. The van der Waals surface area contributed by atoms with E-state index in [0.29, 0.717) is 12.2 Å². The topological polar surface area (TPSA) is 49.4 Å². The van der Waals surface area contributed by atoms with Crippen LogP contribution in [0.1, 0.15) is 19.4 Å². The van der Waals surface area contributed by atoms with Crippen LogP contribution in [-0.4, -0.2) is 23.3 Å². The van der Waals surface area contributed by atoms with Crippen LogP contribution in [0.3, 0.4) is 0 Å². The van der Waals surface area contributed by atoms with Crippen LogP contribution in [-0.2, 0) is 16.0 Å². The molecule has 0 radical (unpaired) electrons. The van der Waals surface area contributed by atoms with Gasteiger partial charge in [0.2, 0.25) is 0 Å².